The summed E-state index contributed by atoms with van der Waals surface area (Å²) in [4.78, 5) is 18.9. The van der Waals surface area contributed by atoms with Gasteiger partial charge in [0.05, 0.1) is 10.4 Å². The van der Waals surface area contributed by atoms with Crippen molar-refractivity contribution in [2.24, 2.45) is 0 Å². The molecule has 1 aliphatic heterocycles. The molecule has 1 aliphatic rings. The summed E-state index contributed by atoms with van der Waals surface area (Å²) in [5, 5.41) is 3.79. The van der Waals surface area contributed by atoms with Crippen molar-refractivity contribution in [1.29, 1.82) is 0 Å². The number of halogens is 1. The van der Waals surface area contributed by atoms with Crippen LogP contribution in [0.3, 0.4) is 0 Å². The summed E-state index contributed by atoms with van der Waals surface area (Å²) in [5.74, 6) is 0.0597. The van der Waals surface area contributed by atoms with Gasteiger partial charge in [0.25, 0.3) is 5.56 Å². The lowest BCUT2D eigenvalue weighted by atomic mass is 9.88. The van der Waals surface area contributed by atoms with Gasteiger partial charge in [-0.2, -0.15) is 4.98 Å². The Bertz CT molecular complexity index is 1130. The molecule has 0 bridgehead atoms. The lowest BCUT2D eigenvalue weighted by Crippen LogP contribution is -2.32. The predicted molar refractivity (Wildman–Crippen MR) is 95.2 cm³/mol. The molecule has 0 saturated carbocycles. The molecule has 4 aromatic rings. The van der Waals surface area contributed by atoms with Gasteiger partial charge >= 0.3 is 0 Å². The molecule has 0 spiro atoms. The highest BCUT2D eigenvalue weighted by atomic mass is 32.1. The number of rotatable bonds is 2. The van der Waals surface area contributed by atoms with Gasteiger partial charge in [-0.3, -0.25) is 9.20 Å². The Balaban J connectivity index is 1.74. The van der Waals surface area contributed by atoms with Gasteiger partial charge in [-0.25, -0.2) is 4.39 Å². The van der Waals surface area contributed by atoms with Crippen molar-refractivity contribution in [3.8, 4) is 5.88 Å². The van der Waals surface area contributed by atoms with Crippen LogP contribution >= 0.6 is 22.7 Å². The summed E-state index contributed by atoms with van der Waals surface area (Å²) in [5.41, 5.74) is 0.401. The van der Waals surface area contributed by atoms with E-state index in [4.69, 9.17) is 4.74 Å². The molecule has 124 valence electrons. The fourth-order valence-electron chi connectivity index (χ4n) is 3.25. The smallest absolute Gasteiger partial charge is 0.265 e. The number of thiazole rings is 1. The minimum absolute atomic E-state index is 0.109. The van der Waals surface area contributed by atoms with Gasteiger partial charge in [0.2, 0.25) is 5.88 Å². The summed E-state index contributed by atoms with van der Waals surface area (Å²) >= 11 is 2.94. The number of hydrogen-bond donors (Lipinski definition) is 0. The summed E-state index contributed by atoms with van der Waals surface area (Å²) < 4.78 is 21.2. The van der Waals surface area contributed by atoms with Crippen LogP contribution in [0.15, 0.2) is 58.1 Å². The predicted octanol–water partition coefficient (Wildman–Crippen LogP) is 3.84. The third-order valence-corrected chi connectivity index (χ3v) is 6.22. The molecule has 0 radical (unpaired) electrons. The molecule has 1 aromatic carbocycles. The van der Waals surface area contributed by atoms with E-state index in [-0.39, 0.29) is 11.4 Å². The molecule has 0 amide bonds. The van der Waals surface area contributed by atoms with E-state index >= 15 is 0 Å². The van der Waals surface area contributed by atoms with Crippen molar-refractivity contribution in [3.05, 3.63) is 85.5 Å². The molecule has 0 aliphatic carbocycles. The first-order valence-corrected chi connectivity index (χ1v) is 9.41. The van der Waals surface area contributed by atoms with Crippen LogP contribution < -0.4 is 10.3 Å². The first-order valence-electron chi connectivity index (χ1n) is 7.65. The molecule has 5 rings (SSSR count). The van der Waals surface area contributed by atoms with E-state index in [2.05, 4.69) is 4.98 Å². The summed E-state index contributed by atoms with van der Waals surface area (Å²) in [6, 6.07) is 10.2. The fourth-order valence-corrected chi connectivity index (χ4v) is 4.83. The SMILES string of the molecule is O=c1c2c(nc3sccn13)OC(c1ccc(F)cc1)(c1cccs1)C2. The second-order valence-electron chi connectivity index (χ2n) is 5.85. The number of benzene rings is 1. The number of fused-ring (bicyclic) bond motifs is 2. The van der Waals surface area contributed by atoms with Gasteiger partial charge in [0.1, 0.15) is 5.82 Å². The minimum Gasteiger partial charge on any atom is -0.460 e. The van der Waals surface area contributed by atoms with Crippen molar-refractivity contribution in [1.82, 2.24) is 9.38 Å². The molecule has 0 saturated heterocycles. The van der Waals surface area contributed by atoms with Crippen LogP contribution in [-0.4, -0.2) is 9.38 Å². The van der Waals surface area contributed by atoms with Crippen LogP contribution in [-0.2, 0) is 12.0 Å². The highest BCUT2D eigenvalue weighted by Crippen LogP contribution is 2.45. The number of hydrogen-bond acceptors (Lipinski definition) is 5. The first-order chi connectivity index (χ1) is 12.2. The molecule has 0 fully saturated rings. The quantitative estimate of drug-likeness (QED) is 0.539. The fraction of sp³-hybridized carbons (Fsp3) is 0.111. The zero-order valence-electron chi connectivity index (χ0n) is 12.8. The Morgan fingerprint density at radius 3 is 2.76 bits per heavy atom. The van der Waals surface area contributed by atoms with E-state index in [9.17, 15) is 9.18 Å². The second-order valence-corrected chi connectivity index (χ2v) is 7.67. The van der Waals surface area contributed by atoms with Crippen molar-refractivity contribution in [3.63, 3.8) is 0 Å². The van der Waals surface area contributed by atoms with Crippen LogP contribution in [0, 0.1) is 5.82 Å². The maximum Gasteiger partial charge on any atom is 0.265 e. The molecule has 25 heavy (non-hydrogen) atoms. The number of thiophene rings is 1. The maximum atomic E-state index is 13.4. The van der Waals surface area contributed by atoms with Crippen molar-refractivity contribution in [2.45, 2.75) is 12.0 Å². The lowest BCUT2D eigenvalue weighted by Gasteiger charge is -2.28. The molecule has 0 N–H and O–H groups in total. The average molecular weight is 370 g/mol. The topological polar surface area (TPSA) is 43.6 Å². The molecular formula is C18H11FN2O2S2. The van der Waals surface area contributed by atoms with E-state index in [1.165, 1.54) is 23.5 Å². The monoisotopic (exact) mass is 370 g/mol. The van der Waals surface area contributed by atoms with Crippen LogP contribution in [0.1, 0.15) is 16.0 Å². The Kier molecular flexibility index (Phi) is 3.10. The zero-order valence-corrected chi connectivity index (χ0v) is 14.4. The van der Waals surface area contributed by atoms with E-state index in [1.807, 2.05) is 22.9 Å². The number of ether oxygens (including phenoxy) is 1. The molecule has 1 atom stereocenters. The molecule has 3 aromatic heterocycles. The number of aromatic nitrogens is 2. The zero-order chi connectivity index (χ0) is 17.0. The van der Waals surface area contributed by atoms with E-state index in [0.29, 0.717) is 22.8 Å². The third kappa shape index (κ3) is 2.09. The number of nitrogens with zero attached hydrogens (tertiary/aromatic N) is 2. The van der Waals surface area contributed by atoms with Crippen LogP contribution in [0.4, 0.5) is 4.39 Å². The van der Waals surface area contributed by atoms with Gasteiger partial charge in [0.15, 0.2) is 10.6 Å². The van der Waals surface area contributed by atoms with Gasteiger partial charge < -0.3 is 4.74 Å². The Hall–Kier alpha value is -2.51. The first kappa shape index (κ1) is 14.8. The average Bonchev–Trinajstić information content (AvgIpc) is 3.35. The van der Waals surface area contributed by atoms with Gasteiger partial charge in [-0.1, -0.05) is 18.2 Å². The van der Waals surface area contributed by atoms with E-state index < -0.39 is 5.60 Å². The van der Waals surface area contributed by atoms with Crippen LogP contribution in [0.2, 0.25) is 0 Å². The maximum absolute atomic E-state index is 13.4. The van der Waals surface area contributed by atoms with E-state index in [0.717, 1.165) is 10.4 Å². The highest BCUT2D eigenvalue weighted by molar-refractivity contribution is 7.15. The van der Waals surface area contributed by atoms with Crippen LogP contribution in [0.25, 0.3) is 4.96 Å². The Morgan fingerprint density at radius 2 is 2.00 bits per heavy atom. The largest absolute Gasteiger partial charge is 0.460 e. The third-order valence-electron chi connectivity index (χ3n) is 4.45. The summed E-state index contributed by atoms with van der Waals surface area (Å²) in [6.45, 7) is 0. The molecular weight excluding hydrogens is 359 g/mol. The van der Waals surface area contributed by atoms with Crippen molar-refractivity contribution in [2.75, 3.05) is 0 Å². The molecule has 4 nitrogen and oxygen atoms in total. The van der Waals surface area contributed by atoms with E-state index in [1.54, 1.807) is 34.1 Å². The normalized spacial score (nSPS) is 19.1. The molecule has 7 heteroatoms. The Labute approximate surface area is 149 Å². The molecule has 4 heterocycles. The second kappa shape index (κ2) is 5.24. The summed E-state index contributed by atoms with van der Waals surface area (Å²) in [7, 11) is 0. The van der Waals surface area contributed by atoms with Gasteiger partial charge in [-0.05, 0) is 23.6 Å². The van der Waals surface area contributed by atoms with Crippen LogP contribution in [0.5, 0.6) is 5.88 Å². The molecule has 1 unspecified atom stereocenters. The van der Waals surface area contributed by atoms with Gasteiger partial charge in [-0.15, -0.1) is 22.7 Å². The minimum atomic E-state index is -0.847. The van der Waals surface area contributed by atoms with Crippen molar-refractivity contribution < 1.29 is 9.13 Å². The Morgan fingerprint density at radius 1 is 1.16 bits per heavy atom. The lowest BCUT2D eigenvalue weighted by molar-refractivity contribution is 0.139. The standard InChI is InChI=1S/C18H11FN2O2S2/c19-12-5-3-11(4-6-12)18(14-2-1-8-24-14)10-13-15(23-18)20-17-21(16(13)22)7-9-25-17/h1-9H,10H2. The van der Waals surface area contributed by atoms with Gasteiger partial charge in [0, 0.05) is 23.6 Å². The summed E-state index contributed by atoms with van der Waals surface area (Å²) in [6.07, 6.45) is 2.09. The van der Waals surface area contributed by atoms with Crippen molar-refractivity contribution >= 4 is 27.6 Å². The highest BCUT2D eigenvalue weighted by Gasteiger charge is 2.46.